The summed E-state index contributed by atoms with van der Waals surface area (Å²) in [7, 11) is 0. The molecule has 2 heterocycles. The molecule has 0 radical (unpaired) electrons. The van der Waals surface area contributed by atoms with Crippen LogP contribution in [0.5, 0.6) is 0 Å². The van der Waals surface area contributed by atoms with Gasteiger partial charge in [0, 0.05) is 25.4 Å². The lowest BCUT2D eigenvalue weighted by Gasteiger charge is -2.09. The number of nitrogen functional groups attached to an aromatic ring is 1. The minimum atomic E-state index is 0.351. The minimum absolute atomic E-state index is 0.351. The molecule has 2 rings (SSSR count). The Labute approximate surface area is 116 Å². The Morgan fingerprint density at radius 3 is 2.90 bits per heavy atom. The van der Waals surface area contributed by atoms with Crippen molar-refractivity contribution in [1.82, 2.24) is 25.0 Å². The molecule has 0 spiro atoms. The van der Waals surface area contributed by atoms with Crippen LogP contribution in [0.25, 0.3) is 0 Å². The first kappa shape index (κ1) is 14.2. The molecule has 0 atom stereocenters. The van der Waals surface area contributed by atoms with E-state index in [2.05, 4.69) is 31.0 Å². The summed E-state index contributed by atoms with van der Waals surface area (Å²) in [6.45, 7) is 4.24. The second-order valence-corrected chi connectivity index (χ2v) is 3.93. The van der Waals surface area contributed by atoms with Gasteiger partial charge in [0.2, 0.25) is 0 Å². The first-order chi connectivity index (χ1) is 9.81. The second kappa shape index (κ2) is 7.36. The molecular weight excluding hydrogens is 260 g/mol. The number of nitrogens with one attached hydrogen (secondary N) is 2. The Morgan fingerprint density at radius 2 is 2.20 bits per heavy atom. The highest BCUT2D eigenvalue weighted by Crippen LogP contribution is 2.10. The molecule has 108 valence electrons. The highest BCUT2D eigenvalue weighted by atomic mass is 16.5. The van der Waals surface area contributed by atoms with Gasteiger partial charge in [0.15, 0.2) is 5.82 Å². The smallest absolute Gasteiger partial charge is 0.158 e. The minimum Gasteiger partial charge on any atom is -0.374 e. The third-order valence-electron chi connectivity index (χ3n) is 2.47. The lowest BCUT2D eigenvalue weighted by molar-refractivity contribution is 0.128. The summed E-state index contributed by atoms with van der Waals surface area (Å²) < 4.78 is 7.03. The summed E-state index contributed by atoms with van der Waals surface area (Å²) in [5.41, 5.74) is 2.51. The Morgan fingerprint density at radius 1 is 1.35 bits per heavy atom. The molecule has 0 saturated heterocycles. The Kier molecular flexibility index (Phi) is 5.21. The number of hydrogen-bond donors (Lipinski definition) is 3. The summed E-state index contributed by atoms with van der Waals surface area (Å²) in [6.07, 6.45) is 3.44. The summed E-state index contributed by atoms with van der Waals surface area (Å²) in [6, 6.07) is 1.73. The van der Waals surface area contributed by atoms with Crippen molar-refractivity contribution >= 4 is 11.6 Å². The van der Waals surface area contributed by atoms with E-state index >= 15 is 0 Å². The zero-order valence-electron chi connectivity index (χ0n) is 11.3. The third-order valence-corrected chi connectivity index (χ3v) is 2.47. The van der Waals surface area contributed by atoms with Crippen LogP contribution in [-0.2, 0) is 17.9 Å². The van der Waals surface area contributed by atoms with Crippen molar-refractivity contribution in [2.24, 2.45) is 5.84 Å². The van der Waals surface area contributed by atoms with Gasteiger partial charge in [0.25, 0.3) is 0 Å². The molecule has 2 aromatic rings. The molecule has 9 heteroatoms. The Balaban J connectivity index is 1.94. The molecule has 2 aromatic heterocycles. The first-order valence-electron chi connectivity index (χ1n) is 6.32. The van der Waals surface area contributed by atoms with Crippen molar-refractivity contribution in [2.45, 2.75) is 20.1 Å². The van der Waals surface area contributed by atoms with E-state index in [9.17, 15) is 0 Å². The van der Waals surface area contributed by atoms with Gasteiger partial charge in [-0.2, -0.15) is 0 Å². The van der Waals surface area contributed by atoms with Gasteiger partial charge in [-0.15, -0.1) is 5.10 Å². The van der Waals surface area contributed by atoms with Crippen molar-refractivity contribution in [3.63, 3.8) is 0 Å². The number of hydrazine groups is 1. The van der Waals surface area contributed by atoms with Gasteiger partial charge in [0.1, 0.15) is 18.2 Å². The average Bonchev–Trinajstić information content (AvgIpc) is 2.98. The average molecular weight is 278 g/mol. The van der Waals surface area contributed by atoms with E-state index in [-0.39, 0.29) is 0 Å². The monoisotopic (exact) mass is 278 g/mol. The van der Waals surface area contributed by atoms with Crippen LogP contribution in [-0.4, -0.2) is 38.1 Å². The maximum atomic E-state index is 5.39. The van der Waals surface area contributed by atoms with Gasteiger partial charge in [-0.3, -0.25) is 4.68 Å². The lowest BCUT2D eigenvalue weighted by Crippen LogP contribution is -2.15. The molecule has 0 fully saturated rings. The number of ether oxygens (including phenoxy) is 1. The van der Waals surface area contributed by atoms with Crippen molar-refractivity contribution < 1.29 is 4.74 Å². The van der Waals surface area contributed by atoms with E-state index in [1.165, 1.54) is 0 Å². The van der Waals surface area contributed by atoms with Crippen molar-refractivity contribution in [1.29, 1.82) is 0 Å². The van der Waals surface area contributed by atoms with E-state index in [1.807, 2.05) is 6.92 Å². The molecular formula is C11H18N8O. The van der Waals surface area contributed by atoms with E-state index in [0.717, 1.165) is 0 Å². The Hall–Kier alpha value is -2.26. The van der Waals surface area contributed by atoms with Crippen LogP contribution in [0.1, 0.15) is 12.7 Å². The molecule has 9 nitrogen and oxygen atoms in total. The third kappa shape index (κ3) is 4.14. The van der Waals surface area contributed by atoms with Gasteiger partial charge in [-0.25, -0.2) is 15.8 Å². The van der Waals surface area contributed by atoms with Crippen molar-refractivity contribution in [3.8, 4) is 0 Å². The van der Waals surface area contributed by atoms with Crippen molar-refractivity contribution in [3.05, 3.63) is 24.3 Å². The van der Waals surface area contributed by atoms with E-state index in [0.29, 0.717) is 43.8 Å². The first-order valence-corrected chi connectivity index (χ1v) is 6.32. The van der Waals surface area contributed by atoms with Gasteiger partial charge in [-0.1, -0.05) is 5.21 Å². The van der Waals surface area contributed by atoms with Crippen LogP contribution >= 0.6 is 0 Å². The number of rotatable bonds is 8. The maximum absolute atomic E-state index is 5.39. The maximum Gasteiger partial charge on any atom is 0.158 e. The fraction of sp³-hybridized carbons (Fsp3) is 0.455. The molecule has 0 bridgehead atoms. The van der Waals surface area contributed by atoms with Crippen LogP contribution in [0.2, 0.25) is 0 Å². The number of aromatic nitrogens is 5. The van der Waals surface area contributed by atoms with Gasteiger partial charge in [0.05, 0.1) is 12.7 Å². The van der Waals surface area contributed by atoms with Gasteiger partial charge >= 0.3 is 0 Å². The topological polar surface area (TPSA) is 116 Å². The highest BCUT2D eigenvalue weighted by Gasteiger charge is 2.04. The van der Waals surface area contributed by atoms with Crippen LogP contribution < -0.4 is 16.6 Å². The molecule has 20 heavy (non-hydrogen) atoms. The molecule has 0 saturated carbocycles. The molecule has 0 aliphatic heterocycles. The summed E-state index contributed by atoms with van der Waals surface area (Å²) >= 11 is 0. The van der Waals surface area contributed by atoms with Crippen LogP contribution in [0.4, 0.5) is 11.6 Å². The summed E-state index contributed by atoms with van der Waals surface area (Å²) in [4.78, 5) is 8.56. The van der Waals surface area contributed by atoms with Crippen LogP contribution in [0.15, 0.2) is 18.5 Å². The van der Waals surface area contributed by atoms with Crippen LogP contribution in [0.3, 0.4) is 0 Å². The molecule has 4 N–H and O–H groups in total. The SMILES string of the molecule is CCOCc1nc(NN)cc(NCCn2ccnn2)n1. The van der Waals surface area contributed by atoms with Crippen LogP contribution in [0, 0.1) is 0 Å². The molecule has 0 aliphatic rings. The largest absolute Gasteiger partial charge is 0.374 e. The number of anilines is 2. The summed E-state index contributed by atoms with van der Waals surface area (Å²) in [5.74, 6) is 7.19. The molecule has 0 unspecified atom stereocenters. The predicted octanol–water partition coefficient (Wildman–Crippen LogP) is 0.00230. The zero-order chi connectivity index (χ0) is 14.2. The molecule has 0 amide bonds. The van der Waals surface area contributed by atoms with Crippen molar-refractivity contribution in [2.75, 3.05) is 23.9 Å². The zero-order valence-corrected chi connectivity index (χ0v) is 11.3. The molecule has 0 aromatic carbocycles. The number of nitrogens with zero attached hydrogens (tertiary/aromatic N) is 5. The van der Waals surface area contributed by atoms with Gasteiger partial charge < -0.3 is 15.5 Å². The highest BCUT2D eigenvalue weighted by molar-refractivity contribution is 5.46. The van der Waals surface area contributed by atoms with E-state index in [4.69, 9.17) is 10.6 Å². The number of hydrogen-bond acceptors (Lipinski definition) is 8. The normalized spacial score (nSPS) is 10.5. The second-order valence-electron chi connectivity index (χ2n) is 3.93. The quantitative estimate of drug-likeness (QED) is 0.456. The Bertz CT molecular complexity index is 515. The lowest BCUT2D eigenvalue weighted by atomic mass is 10.4. The fourth-order valence-corrected chi connectivity index (χ4v) is 1.57. The van der Waals surface area contributed by atoms with E-state index in [1.54, 1.807) is 23.1 Å². The molecule has 0 aliphatic carbocycles. The summed E-state index contributed by atoms with van der Waals surface area (Å²) in [5, 5.41) is 10.8. The standard InChI is InChI=1S/C11H18N8O/c1-2-20-8-11-15-9(7-10(16-11)17-12)13-3-5-19-6-4-14-18-19/h4,6-7H,2-3,5,8,12H2,1H3,(H2,13,15,16,17). The van der Waals surface area contributed by atoms with Gasteiger partial charge in [-0.05, 0) is 6.92 Å². The number of nitrogens with two attached hydrogens (primary N) is 1. The fourth-order valence-electron chi connectivity index (χ4n) is 1.57. The van der Waals surface area contributed by atoms with E-state index < -0.39 is 0 Å². The predicted molar refractivity (Wildman–Crippen MR) is 73.7 cm³/mol.